The molecule has 0 heterocycles. The molecule has 0 aliphatic carbocycles. The van der Waals surface area contributed by atoms with E-state index in [1.54, 1.807) is 19.1 Å². The zero-order valence-corrected chi connectivity index (χ0v) is 10.6. The summed E-state index contributed by atoms with van der Waals surface area (Å²) >= 11 is 0. The summed E-state index contributed by atoms with van der Waals surface area (Å²) in [4.78, 5) is 4.47. The van der Waals surface area contributed by atoms with E-state index < -0.39 is 10.0 Å². The molecule has 0 unspecified atom stereocenters. The molecular weight excluding hydrogens is 244 g/mol. The highest BCUT2D eigenvalue weighted by Gasteiger charge is 2.14. The van der Waals surface area contributed by atoms with Crippen molar-refractivity contribution in [1.29, 1.82) is 0 Å². The highest BCUT2D eigenvalue weighted by Crippen LogP contribution is 2.20. The molecule has 0 saturated heterocycles. The largest absolute Gasteiger partial charge is 0.496 e. The summed E-state index contributed by atoms with van der Waals surface area (Å²) in [6.07, 6.45) is 0. The minimum absolute atomic E-state index is 0.119. The lowest BCUT2D eigenvalue weighted by Gasteiger charge is -2.09. The molecule has 0 aromatic heterocycles. The molecule has 0 fully saturated rings. The predicted molar refractivity (Wildman–Crippen MR) is 63.1 cm³/mol. The number of rotatable bonds is 6. The number of aryl methyl sites for hydroxylation is 1. The van der Waals surface area contributed by atoms with Crippen LogP contribution in [0.15, 0.2) is 23.1 Å². The summed E-state index contributed by atoms with van der Waals surface area (Å²) in [6, 6.07) is 4.64. The fourth-order valence-electron chi connectivity index (χ4n) is 1.34. The fraction of sp³-hybridized carbons (Fsp3) is 0.400. The molecule has 1 aromatic rings. The first-order valence-electron chi connectivity index (χ1n) is 4.97. The van der Waals surface area contributed by atoms with Crippen molar-refractivity contribution in [2.24, 2.45) is 5.90 Å². The van der Waals surface area contributed by atoms with Gasteiger partial charge in [-0.3, -0.25) is 0 Å². The molecule has 0 atom stereocenters. The number of hydrogen-bond donors (Lipinski definition) is 2. The SMILES string of the molecule is COc1ccc(S(=O)(=O)NCCON)cc1C. The van der Waals surface area contributed by atoms with E-state index in [-0.39, 0.29) is 18.0 Å². The minimum atomic E-state index is -3.52. The highest BCUT2D eigenvalue weighted by molar-refractivity contribution is 7.89. The molecule has 0 aliphatic heterocycles. The second kappa shape index (κ2) is 5.97. The van der Waals surface area contributed by atoms with Gasteiger partial charge in [0.15, 0.2) is 0 Å². The Balaban J connectivity index is 2.88. The van der Waals surface area contributed by atoms with Crippen LogP contribution in [0, 0.1) is 6.92 Å². The van der Waals surface area contributed by atoms with E-state index in [1.807, 2.05) is 0 Å². The molecule has 0 amide bonds. The van der Waals surface area contributed by atoms with Gasteiger partial charge in [0.1, 0.15) is 5.75 Å². The molecule has 96 valence electrons. The lowest BCUT2D eigenvalue weighted by molar-refractivity contribution is 0.143. The topological polar surface area (TPSA) is 90.7 Å². The summed E-state index contributed by atoms with van der Waals surface area (Å²) in [5, 5.41) is 0. The number of nitrogens with one attached hydrogen (secondary N) is 1. The van der Waals surface area contributed by atoms with Crippen molar-refractivity contribution in [2.75, 3.05) is 20.3 Å². The van der Waals surface area contributed by atoms with Gasteiger partial charge in [0.25, 0.3) is 0 Å². The summed E-state index contributed by atoms with van der Waals surface area (Å²) in [5.41, 5.74) is 0.755. The van der Waals surface area contributed by atoms with E-state index in [1.165, 1.54) is 13.2 Å². The van der Waals surface area contributed by atoms with Crippen LogP contribution in [0.3, 0.4) is 0 Å². The van der Waals surface area contributed by atoms with E-state index in [0.29, 0.717) is 5.75 Å². The van der Waals surface area contributed by atoms with E-state index in [9.17, 15) is 8.42 Å². The first kappa shape index (κ1) is 13.9. The van der Waals surface area contributed by atoms with Crippen LogP contribution in [0.5, 0.6) is 5.75 Å². The summed E-state index contributed by atoms with van der Waals surface area (Å²) in [7, 11) is -1.99. The molecular formula is C10H16N2O4S. The van der Waals surface area contributed by atoms with Crippen LogP contribution in [-0.2, 0) is 14.9 Å². The van der Waals surface area contributed by atoms with Gasteiger partial charge in [-0.2, -0.15) is 0 Å². The molecule has 6 nitrogen and oxygen atoms in total. The third kappa shape index (κ3) is 3.67. The lowest BCUT2D eigenvalue weighted by atomic mass is 10.2. The van der Waals surface area contributed by atoms with Gasteiger partial charge < -0.3 is 9.57 Å². The van der Waals surface area contributed by atoms with Crippen LogP contribution < -0.4 is 15.4 Å². The quantitative estimate of drug-likeness (QED) is 0.562. The Morgan fingerprint density at radius 1 is 1.41 bits per heavy atom. The van der Waals surface area contributed by atoms with Crippen LogP contribution in [-0.4, -0.2) is 28.7 Å². The Morgan fingerprint density at radius 3 is 2.65 bits per heavy atom. The number of benzene rings is 1. The van der Waals surface area contributed by atoms with Crippen molar-refractivity contribution in [2.45, 2.75) is 11.8 Å². The Bertz CT molecular complexity index is 473. The average molecular weight is 260 g/mol. The van der Waals surface area contributed by atoms with Crippen molar-refractivity contribution in [1.82, 2.24) is 4.72 Å². The normalized spacial score (nSPS) is 11.5. The first-order chi connectivity index (χ1) is 8.01. The van der Waals surface area contributed by atoms with Crippen LogP contribution in [0.2, 0.25) is 0 Å². The Morgan fingerprint density at radius 2 is 2.12 bits per heavy atom. The third-order valence-electron chi connectivity index (χ3n) is 2.19. The molecule has 0 aliphatic rings. The smallest absolute Gasteiger partial charge is 0.240 e. The number of hydrogen-bond acceptors (Lipinski definition) is 5. The highest BCUT2D eigenvalue weighted by atomic mass is 32.2. The number of ether oxygens (including phenoxy) is 1. The summed E-state index contributed by atoms with van der Waals surface area (Å²) in [6.45, 7) is 2.03. The zero-order chi connectivity index (χ0) is 12.9. The van der Waals surface area contributed by atoms with Gasteiger partial charge in [-0.1, -0.05) is 0 Å². The Labute approximate surface area is 101 Å². The zero-order valence-electron chi connectivity index (χ0n) is 9.76. The van der Waals surface area contributed by atoms with E-state index in [0.717, 1.165) is 5.56 Å². The lowest BCUT2D eigenvalue weighted by Crippen LogP contribution is -2.28. The van der Waals surface area contributed by atoms with Gasteiger partial charge in [0.05, 0.1) is 18.6 Å². The summed E-state index contributed by atoms with van der Waals surface area (Å²) in [5.74, 6) is 5.45. The van der Waals surface area contributed by atoms with Gasteiger partial charge >= 0.3 is 0 Å². The number of methoxy groups -OCH3 is 1. The molecule has 0 bridgehead atoms. The molecule has 0 saturated carbocycles. The van der Waals surface area contributed by atoms with Crippen LogP contribution in [0.25, 0.3) is 0 Å². The van der Waals surface area contributed by atoms with Crippen molar-refractivity contribution >= 4 is 10.0 Å². The monoisotopic (exact) mass is 260 g/mol. The fourth-order valence-corrected chi connectivity index (χ4v) is 2.43. The maximum atomic E-state index is 11.8. The van der Waals surface area contributed by atoms with Gasteiger partial charge in [0.2, 0.25) is 10.0 Å². The van der Waals surface area contributed by atoms with Crippen LogP contribution in [0.4, 0.5) is 0 Å². The molecule has 17 heavy (non-hydrogen) atoms. The van der Waals surface area contributed by atoms with E-state index >= 15 is 0 Å². The molecule has 0 radical (unpaired) electrons. The minimum Gasteiger partial charge on any atom is -0.496 e. The maximum absolute atomic E-state index is 11.8. The van der Waals surface area contributed by atoms with Crippen molar-refractivity contribution in [3.05, 3.63) is 23.8 Å². The predicted octanol–water partition coefficient (Wildman–Crippen LogP) is 0.172. The maximum Gasteiger partial charge on any atom is 0.240 e. The third-order valence-corrected chi connectivity index (χ3v) is 3.65. The van der Waals surface area contributed by atoms with Gasteiger partial charge in [-0.25, -0.2) is 19.0 Å². The Hall–Kier alpha value is -1.15. The number of sulfonamides is 1. The van der Waals surface area contributed by atoms with Gasteiger partial charge in [-0.15, -0.1) is 0 Å². The Kier molecular flexibility index (Phi) is 4.88. The second-order valence-corrected chi connectivity index (χ2v) is 5.17. The molecule has 1 aromatic carbocycles. The molecule has 0 spiro atoms. The van der Waals surface area contributed by atoms with Gasteiger partial charge in [0, 0.05) is 6.54 Å². The van der Waals surface area contributed by atoms with Crippen molar-refractivity contribution in [3.8, 4) is 5.75 Å². The van der Waals surface area contributed by atoms with Crippen LogP contribution in [0.1, 0.15) is 5.56 Å². The molecule has 3 N–H and O–H groups in total. The van der Waals surface area contributed by atoms with Crippen LogP contribution >= 0.6 is 0 Å². The standard InChI is InChI=1S/C10H16N2O4S/c1-8-7-9(3-4-10(8)15-2)17(13,14)12-5-6-16-11/h3-4,7,12H,5-6,11H2,1-2H3. The van der Waals surface area contributed by atoms with Gasteiger partial charge in [-0.05, 0) is 30.7 Å². The van der Waals surface area contributed by atoms with E-state index in [4.69, 9.17) is 10.6 Å². The van der Waals surface area contributed by atoms with Crippen molar-refractivity contribution < 1.29 is 18.0 Å². The van der Waals surface area contributed by atoms with E-state index in [2.05, 4.69) is 9.56 Å². The molecule has 1 rings (SSSR count). The number of nitrogens with two attached hydrogens (primary N) is 1. The molecule has 7 heteroatoms. The summed E-state index contributed by atoms with van der Waals surface area (Å²) < 4.78 is 31.0. The second-order valence-electron chi connectivity index (χ2n) is 3.40. The van der Waals surface area contributed by atoms with Crippen molar-refractivity contribution in [3.63, 3.8) is 0 Å². The first-order valence-corrected chi connectivity index (χ1v) is 6.45. The average Bonchev–Trinajstić information content (AvgIpc) is 2.29.